The van der Waals surface area contributed by atoms with Crippen LogP contribution in [0.4, 0.5) is 9.59 Å². The van der Waals surface area contributed by atoms with Crippen molar-refractivity contribution in [3.8, 4) is 0 Å². The Kier molecular flexibility index (Phi) is 13.5. The van der Waals surface area contributed by atoms with Gasteiger partial charge in [-0.05, 0) is 46.1 Å². The van der Waals surface area contributed by atoms with Crippen LogP contribution in [0.2, 0.25) is 0 Å². The summed E-state index contributed by atoms with van der Waals surface area (Å²) < 4.78 is 5.96. The molecule has 3 aliphatic heterocycles. The van der Waals surface area contributed by atoms with Crippen molar-refractivity contribution < 1.29 is 43.1 Å². The number of fused-ring (bicyclic) bond motifs is 1. The number of nitrogens with two attached hydrogens (primary N) is 1. The number of nitrogens with zero attached hydrogens (tertiary/aromatic N) is 3. The molecule has 5 N–H and O–H groups in total. The topological polar surface area (TPSA) is 218 Å². The normalized spacial score (nSPS) is 22.3. The number of rotatable bonds is 12. The summed E-state index contributed by atoms with van der Waals surface area (Å²) in [5.41, 5.74) is 5.52. The molecule has 0 radical (unpaired) electrons. The molecule has 5 atom stereocenters. The smallest absolute Gasteiger partial charge is 0.410 e. The Labute approximate surface area is 347 Å². The van der Waals surface area contributed by atoms with Gasteiger partial charge in [-0.2, -0.15) is 0 Å². The summed E-state index contributed by atoms with van der Waals surface area (Å²) in [5, 5.41) is 8.40. The van der Waals surface area contributed by atoms with Crippen molar-refractivity contribution in [1.29, 1.82) is 0 Å². The van der Waals surface area contributed by atoms with Gasteiger partial charge in [0.25, 0.3) is 5.91 Å². The molecule has 0 aromatic heterocycles. The van der Waals surface area contributed by atoms with Crippen LogP contribution in [-0.2, 0) is 46.5 Å². The second-order valence-electron chi connectivity index (χ2n) is 19.8. The maximum atomic E-state index is 14.7. The van der Waals surface area contributed by atoms with Gasteiger partial charge in [-0.3, -0.25) is 33.7 Å². The van der Waals surface area contributed by atoms with Crippen LogP contribution in [0.1, 0.15) is 111 Å². The molecule has 1 aromatic carbocycles. The molecule has 0 bridgehead atoms. The SMILES string of the molecule is CC1(C)CC(=O)N(C[C@@H](NC(=O)N[C@H](C(=O)N2C[C@H](OC(=O)N3CCc4ccccc4C3)C[C@H]2C(=O)NC(CC2CCC2)C(=O)C(N)=O)C(C)(C)C)C(C)(C)C)C(=O)C1. The van der Waals surface area contributed by atoms with Gasteiger partial charge in [-0.1, -0.05) is 98.9 Å². The summed E-state index contributed by atoms with van der Waals surface area (Å²) in [4.78, 5) is 111. The molecule has 1 unspecified atom stereocenters. The van der Waals surface area contributed by atoms with Gasteiger partial charge < -0.3 is 36.2 Å². The van der Waals surface area contributed by atoms with Gasteiger partial charge in [0, 0.05) is 38.9 Å². The molecule has 5 rings (SSSR count). The number of benzene rings is 1. The number of nitrogens with one attached hydrogen (secondary N) is 3. The zero-order chi connectivity index (χ0) is 43.6. The van der Waals surface area contributed by atoms with Gasteiger partial charge in [0.1, 0.15) is 18.2 Å². The van der Waals surface area contributed by atoms with Crippen molar-refractivity contribution in [3.63, 3.8) is 0 Å². The Hall–Kier alpha value is -5.02. The summed E-state index contributed by atoms with van der Waals surface area (Å²) in [6.07, 6.45) is 2.26. The number of likely N-dealkylation sites (tertiary alicyclic amines) is 2. The lowest BCUT2D eigenvalue weighted by Gasteiger charge is -2.40. The summed E-state index contributed by atoms with van der Waals surface area (Å²) in [5.74, 6) is -3.99. The molecule has 3 fully saturated rings. The summed E-state index contributed by atoms with van der Waals surface area (Å²) in [7, 11) is 0. The van der Waals surface area contributed by atoms with E-state index in [9.17, 15) is 38.4 Å². The van der Waals surface area contributed by atoms with E-state index in [1.807, 2.05) is 58.9 Å². The highest BCUT2D eigenvalue weighted by atomic mass is 16.6. The molecule has 8 amide bonds. The third kappa shape index (κ3) is 11.2. The van der Waals surface area contributed by atoms with Crippen LogP contribution in [-0.4, -0.2) is 112 Å². The van der Waals surface area contributed by atoms with Crippen LogP contribution in [0, 0.1) is 22.2 Å². The van der Waals surface area contributed by atoms with Crippen molar-refractivity contribution in [1.82, 2.24) is 30.7 Å². The fourth-order valence-corrected chi connectivity index (χ4v) is 8.26. The Bertz CT molecular complexity index is 1810. The summed E-state index contributed by atoms with van der Waals surface area (Å²) in [6.45, 7) is 15.1. The predicted molar refractivity (Wildman–Crippen MR) is 217 cm³/mol. The number of Topliss-reactive ketones (excluding diaryl/α,β-unsaturated/α-hetero) is 1. The molecule has 1 aliphatic carbocycles. The lowest BCUT2D eigenvalue weighted by molar-refractivity contribution is -0.153. The molecule has 16 nitrogen and oxygen atoms in total. The van der Waals surface area contributed by atoms with E-state index in [-0.39, 0.29) is 56.5 Å². The average molecular weight is 822 g/mol. The number of amides is 8. The third-order valence-electron chi connectivity index (χ3n) is 12.1. The minimum absolute atomic E-state index is 0.0606. The highest BCUT2D eigenvalue weighted by molar-refractivity contribution is 6.37. The van der Waals surface area contributed by atoms with Crippen LogP contribution >= 0.6 is 0 Å². The molecule has 1 aromatic rings. The fourth-order valence-electron chi connectivity index (χ4n) is 8.26. The minimum Gasteiger partial charge on any atom is -0.444 e. The first kappa shape index (κ1) is 45.1. The maximum Gasteiger partial charge on any atom is 0.410 e. The first-order valence-corrected chi connectivity index (χ1v) is 20.8. The van der Waals surface area contributed by atoms with E-state index in [1.165, 1.54) is 9.80 Å². The van der Waals surface area contributed by atoms with Crippen LogP contribution in [0.15, 0.2) is 24.3 Å². The monoisotopic (exact) mass is 821 g/mol. The van der Waals surface area contributed by atoms with Crippen molar-refractivity contribution in [2.75, 3.05) is 19.6 Å². The molecule has 16 heteroatoms. The summed E-state index contributed by atoms with van der Waals surface area (Å²) in [6, 6.07) is 2.75. The maximum absolute atomic E-state index is 14.7. The Morgan fingerprint density at radius 1 is 0.898 bits per heavy atom. The van der Waals surface area contributed by atoms with Gasteiger partial charge >= 0.3 is 12.1 Å². The standard InChI is InChI=1S/C43H63N7O9/c1-41(2,3)31(24-50-32(51)20-43(7,8)21-33(50)52)46-39(57)47-35(42(4,5)6)38(56)49-23-28(59-40(58)48-17-16-26-14-9-10-15-27(26)22-48)19-30(49)37(55)45-29(34(53)36(44)54)18-25-12-11-13-25/h9-10,14-15,25,28-31,35H,11-13,16-24H2,1-8H3,(H2,44,54)(H,45,55)(H2,46,47,57)/t28-,29?,30+,31-,35-/m1/s1. The van der Waals surface area contributed by atoms with Gasteiger partial charge in [0.15, 0.2) is 0 Å². The Morgan fingerprint density at radius 3 is 2.08 bits per heavy atom. The molecule has 1 saturated carbocycles. The highest BCUT2D eigenvalue weighted by Gasteiger charge is 2.48. The van der Waals surface area contributed by atoms with Gasteiger partial charge in [0.2, 0.25) is 29.4 Å². The van der Waals surface area contributed by atoms with Crippen LogP contribution in [0.3, 0.4) is 0 Å². The van der Waals surface area contributed by atoms with Crippen molar-refractivity contribution in [2.45, 2.75) is 144 Å². The van der Waals surface area contributed by atoms with Crippen LogP contribution < -0.4 is 21.7 Å². The highest BCUT2D eigenvalue weighted by Crippen LogP contribution is 2.34. The van der Waals surface area contributed by atoms with E-state index < -0.39 is 82.1 Å². The minimum atomic E-state index is -1.23. The largest absolute Gasteiger partial charge is 0.444 e. The van der Waals surface area contributed by atoms with Gasteiger partial charge in [0.05, 0.1) is 18.6 Å². The number of ketones is 1. The van der Waals surface area contributed by atoms with Crippen molar-refractivity contribution in [2.24, 2.45) is 27.9 Å². The lowest BCUT2D eigenvalue weighted by Crippen LogP contribution is -2.62. The second-order valence-corrected chi connectivity index (χ2v) is 19.8. The lowest BCUT2D eigenvalue weighted by atomic mass is 9.80. The first-order valence-electron chi connectivity index (χ1n) is 20.8. The van der Waals surface area contributed by atoms with E-state index >= 15 is 0 Å². The van der Waals surface area contributed by atoms with Crippen LogP contribution in [0.5, 0.6) is 0 Å². The average Bonchev–Trinajstić information content (AvgIpc) is 3.54. The van der Waals surface area contributed by atoms with E-state index in [2.05, 4.69) is 16.0 Å². The number of ether oxygens (including phenoxy) is 1. The van der Waals surface area contributed by atoms with Crippen LogP contribution in [0.25, 0.3) is 0 Å². The van der Waals surface area contributed by atoms with E-state index in [4.69, 9.17) is 10.5 Å². The molecule has 4 aliphatic rings. The molecule has 3 heterocycles. The Morgan fingerprint density at radius 2 is 1.53 bits per heavy atom. The number of carbonyl (C=O) groups is 8. The zero-order valence-corrected chi connectivity index (χ0v) is 35.9. The van der Waals surface area contributed by atoms with Crippen molar-refractivity contribution >= 4 is 47.4 Å². The predicted octanol–water partition coefficient (Wildman–Crippen LogP) is 3.18. The number of piperidine rings is 1. The quantitative estimate of drug-likeness (QED) is 0.180. The first-order chi connectivity index (χ1) is 27.4. The number of hydrogen-bond acceptors (Lipinski definition) is 9. The van der Waals surface area contributed by atoms with E-state index in [1.54, 1.807) is 25.7 Å². The van der Waals surface area contributed by atoms with Crippen molar-refractivity contribution in [3.05, 3.63) is 35.4 Å². The molecular weight excluding hydrogens is 759 g/mol. The van der Waals surface area contributed by atoms with E-state index in [0.717, 1.165) is 30.4 Å². The molecule has 0 spiro atoms. The zero-order valence-electron chi connectivity index (χ0n) is 35.9. The molecule has 2 saturated heterocycles. The van der Waals surface area contributed by atoms with E-state index in [0.29, 0.717) is 19.5 Å². The van der Waals surface area contributed by atoms with Gasteiger partial charge in [-0.15, -0.1) is 0 Å². The Balaban J connectivity index is 1.36. The van der Waals surface area contributed by atoms with Gasteiger partial charge in [-0.25, -0.2) is 9.59 Å². The second kappa shape index (κ2) is 17.7. The number of imide groups is 1. The number of primary amides is 1. The third-order valence-corrected chi connectivity index (χ3v) is 12.1. The number of urea groups is 1. The molecule has 324 valence electrons. The molecular formula is C43H63N7O9. The summed E-state index contributed by atoms with van der Waals surface area (Å²) >= 11 is 0. The fraction of sp³-hybridized carbons (Fsp3) is 0.674. The number of carbonyl (C=O) groups excluding carboxylic acids is 8. The molecule has 59 heavy (non-hydrogen) atoms. The number of hydrogen-bond donors (Lipinski definition) is 4.